The Kier molecular flexibility index (Phi) is 2.06. The molecule has 0 saturated heterocycles. The van der Waals surface area contributed by atoms with Crippen LogP contribution < -0.4 is 0 Å². The Hall–Kier alpha value is -1.58. The number of nitro groups is 1. The van der Waals surface area contributed by atoms with Gasteiger partial charge in [0.05, 0.1) is 6.20 Å². The second-order valence-electron chi connectivity index (χ2n) is 2.06. The zero-order valence-corrected chi connectivity index (χ0v) is 5.93. The quantitative estimate of drug-likeness (QED) is 0.375. The van der Waals surface area contributed by atoms with Crippen LogP contribution in [0.3, 0.4) is 0 Å². The van der Waals surface area contributed by atoms with Crippen molar-refractivity contribution in [3.63, 3.8) is 0 Å². The maximum Gasteiger partial charge on any atom is 0.323 e. The highest BCUT2D eigenvalue weighted by Crippen LogP contribution is 2.10. The summed E-state index contributed by atoms with van der Waals surface area (Å²) >= 11 is 0. The van der Waals surface area contributed by atoms with Crippen LogP contribution in [0, 0.1) is 10.1 Å². The third-order valence-electron chi connectivity index (χ3n) is 1.32. The molecule has 0 fully saturated rings. The zero-order chi connectivity index (χ0) is 8.27. The van der Waals surface area contributed by atoms with Gasteiger partial charge in [-0.2, -0.15) is 0 Å². The molecule has 1 aromatic rings. The summed E-state index contributed by atoms with van der Waals surface area (Å²) in [6.07, 6.45) is 3.27. The molecule has 0 N–H and O–H groups in total. The van der Waals surface area contributed by atoms with Gasteiger partial charge in [-0.25, -0.2) is 4.57 Å². The summed E-state index contributed by atoms with van der Waals surface area (Å²) in [6, 6.07) is 3.10. The summed E-state index contributed by atoms with van der Waals surface area (Å²) in [5.74, 6) is 0.102. The number of hydrogen-bond acceptors (Lipinski definition) is 2. The van der Waals surface area contributed by atoms with Crippen LogP contribution in [0.5, 0.6) is 0 Å². The van der Waals surface area contributed by atoms with Gasteiger partial charge in [0.2, 0.25) is 0 Å². The minimum Gasteiger partial charge on any atom is -0.358 e. The Bertz CT molecular complexity index is 278. The molecule has 0 atom stereocenters. The van der Waals surface area contributed by atoms with Crippen molar-refractivity contribution in [3.05, 3.63) is 41.1 Å². The van der Waals surface area contributed by atoms with E-state index in [0.29, 0.717) is 6.54 Å². The lowest BCUT2D eigenvalue weighted by atomic mass is 10.6. The number of hydrogen-bond donors (Lipinski definition) is 0. The summed E-state index contributed by atoms with van der Waals surface area (Å²) in [6.45, 7) is 3.97. The van der Waals surface area contributed by atoms with Crippen LogP contribution in [0.25, 0.3) is 0 Å². The van der Waals surface area contributed by atoms with Gasteiger partial charge in [-0.1, -0.05) is 12.7 Å². The molecule has 0 aliphatic rings. The molecule has 11 heavy (non-hydrogen) atoms. The lowest BCUT2D eigenvalue weighted by molar-refractivity contribution is -0.391. The average molecular weight is 152 g/mol. The molecule has 0 bridgehead atoms. The van der Waals surface area contributed by atoms with Gasteiger partial charge >= 0.3 is 5.82 Å². The smallest absolute Gasteiger partial charge is 0.323 e. The van der Waals surface area contributed by atoms with E-state index < -0.39 is 4.92 Å². The van der Waals surface area contributed by atoms with E-state index >= 15 is 0 Å². The molecule has 1 heterocycles. The predicted octanol–water partition coefficient (Wildman–Crippen LogP) is 1.58. The fraction of sp³-hybridized carbons (Fsp3) is 0.143. The Labute approximate surface area is 63.9 Å². The molecule has 4 heteroatoms. The van der Waals surface area contributed by atoms with Crippen molar-refractivity contribution in [2.75, 3.05) is 0 Å². The van der Waals surface area contributed by atoms with Crippen LogP contribution in [-0.2, 0) is 6.54 Å². The topological polar surface area (TPSA) is 48.1 Å². The maximum absolute atomic E-state index is 10.3. The molecule has 0 radical (unpaired) electrons. The Morgan fingerprint density at radius 1 is 1.82 bits per heavy atom. The molecule has 1 aromatic heterocycles. The van der Waals surface area contributed by atoms with Crippen molar-refractivity contribution in [1.29, 1.82) is 0 Å². The first-order chi connectivity index (χ1) is 5.25. The van der Waals surface area contributed by atoms with E-state index in [1.54, 1.807) is 18.3 Å². The highest BCUT2D eigenvalue weighted by atomic mass is 16.6. The molecule has 0 aliphatic carbocycles. The van der Waals surface area contributed by atoms with Crippen molar-refractivity contribution < 1.29 is 4.92 Å². The van der Waals surface area contributed by atoms with Crippen LogP contribution in [0.15, 0.2) is 31.0 Å². The molecular formula is C7H8N2O2. The minimum atomic E-state index is -0.413. The van der Waals surface area contributed by atoms with Gasteiger partial charge in [0.25, 0.3) is 0 Å². The zero-order valence-electron chi connectivity index (χ0n) is 5.93. The molecule has 0 saturated carbocycles. The molecule has 0 amide bonds. The summed E-state index contributed by atoms with van der Waals surface area (Å²) in [7, 11) is 0. The lowest BCUT2D eigenvalue weighted by Gasteiger charge is -1.95. The number of allylic oxidation sites excluding steroid dienone is 1. The van der Waals surface area contributed by atoms with Crippen LogP contribution in [0.2, 0.25) is 0 Å². The summed E-state index contributed by atoms with van der Waals surface area (Å²) in [5.41, 5.74) is 0. The summed E-state index contributed by atoms with van der Waals surface area (Å²) < 4.78 is 1.52. The monoisotopic (exact) mass is 152 g/mol. The fourth-order valence-electron chi connectivity index (χ4n) is 0.864. The maximum atomic E-state index is 10.3. The number of rotatable bonds is 3. The van der Waals surface area contributed by atoms with E-state index in [1.807, 2.05) is 0 Å². The van der Waals surface area contributed by atoms with Crippen molar-refractivity contribution >= 4 is 5.82 Å². The first-order valence-electron chi connectivity index (χ1n) is 3.16. The van der Waals surface area contributed by atoms with Crippen molar-refractivity contribution in [1.82, 2.24) is 4.57 Å². The highest BCUT2D eigenvalue weighted by Gasteiger charge is 2.08. The number of nitrogens with zero attached hydrogens (tertiary/aromatic N) is 2. The Morgan fingerprint density at radius 3 is 3.09 bits per heavy atom. The molecule has 0 unspecified atom stereocenters. The standard InChI is InChI=1S/C7H8N2O2/c1-2-5-8-6-3-4-7(8)9(10)11/h2-4,6H,1,5H2. The van der Waals surface area contributed by atoms with Gasteiger partial charge in [0.15, 0.2) is 0 Å². The second-order valence-corrected chi connectivity index (χ2v) is 2.06. The van der Waals surface area contributed by atoms with Gasteiger partial charge in [-0.05, 0) is 11.0 Å². The summed E-state index contributed by atoms with van der Waals surface area (Å²) in [5, 5.41) is 10.3. The predicted molar refractivity (Wildman–Crippen MR) is 41.3 cm³/mol. The molecule has 0 aliphatic heterocycles. The molecule has 0 spiro atoms. The summed E-state index contributed by atoms with van der Waals surface area (Å²) in [4.78, 5) is 9.89. The highest BCUT2D eigenvalue weighted by molar-refractivity contribution is 5.21. The second kappa shape index (κ2) is 3.01. The first-order valence-corrected chi connectivity index (χ1v) is 3.16. The molecule has 1 rings (SSSR count). The van der Waals surface area contributed by atoms with E-state index in [-0.39, 0.29) is 5.82 Å². The van der Waals surface area contributed by atoms with E-state index in [2.05, 4.69) is 6.58 Å². The van der Waals surface area contributed by atoms with Gasteiger partial charge < -0.3 is 10.1 Å². The lowest BCUT2D eigenvalue weighted by Crippen LogP contribution is -1.99. The van der Waals surface area contributed by atoms with E-state index in [9.17, 15) is 10.1 Å². The molecule has 4 nitrogen and oxygen atoms in total. The van der Waals surface area contributed by atoms with Crippen LogP contribution >= 0.6 is 0 Å². The third kappa shape index (κ3) is 1.46. The van der Waals surface area contributed by atoms with Crippen LogP contribution in [0.1, 0.15) is 0 Å². The van der Waals surface area contributed by atoms with Crippen molar-refractivity contribution in [2.45, 2.75) is 6.54 Å². The van der Waals surface area contributed by atoms with E-state index in [4.69, 9.17) is 0 Å². The molecular weight excluding hydrogens is 144 g/mol. The molecule has 0 aromatic carbocycles. The Balaban J connectivity index is 2.95. The SMILES string of the molecule is C=CCn1cccc1[N+](=O)[O-]. The van der Waals surface area contributed by atoms with Crippen molar-refractivity contribution in [3.8, 4) is 0 Å². The van der Waals surface area contributed by atoms with E-state index in [0.717, 1.165) is 0 Å². The van der Waals surface area contributed by atoms with Gasteiger partial charge in [-0.15, -0.1) is 0 Å². The Morgan fingerprint density at radius 2 is 2.55 bits per heavy atom. The van der Waals surface area contributed by atoms with Gasteiger partial charge in [0, 0.05) is 6.07 Å². The van der Waals surface area contributed by atoms with Crippen molar-refractivity contribution in [2.24, 2.45) is 0 Å². The first kappa shape index (κ1) is 7.53. The van der Waals surface area contributed by atoms with Crippen LogP contribution in [-0.4, -0.2) is 9.49 Å². The van der Waals surface area contributed by atoms with Crippen LogP contribution in [0.4, 0.5) is 5.82 Å². The fourth-order valence-corrected chi connectivity index (χ4v) is 0.864. The van der Waals surface area contributed by atoms with Gasteiger partial charge in [0.1, 0.15) is 6.54 Å². The van der Waals surface area contributed by atoms with E-state index in [1.165, 1.54) is 10.6 Å². The normalized spacial score (nSPS) is 9.45. The number of aromatic nitrogens is 1. The van der Waals surface area contributed by atoms with Gasteiger partial charge in [-0.3, -0.25) is 0 Å². The largest absolute Gasteiger partial charge is 0.358 e. The minimum absolute atomic E-state index is 0.102. The average Bonchev–Trinajstić information content (AvgIpc) is 2.36. The third-order valence-corrected chi connectivity index (χ3v) is 1.32. The molecule has 58 valence electrons.